The first kappa shape index (κ1) is 20.2. The van der Waals surface area contributed by atoms with Crippen molar-refractivity contribution in [2.75, 3.05) is 0 Å². The molecule has 9 heteroatoms. The first-order chi connectivity index (χ1) is 15.6. The maximum Gasteiger partial charge on any atom is 0.254 e. The Morgan fingerprint density at radius 2 is 2.22 bits per heavy atom. The molecule has 2 aromatic rings. The van der Waals surface area contributed by atoms with Gasteiger partial charge in [-0.05, 0) is 49.3 Å². The molecule has 1 unspecified atom stereocenters. The van der Waals surface area contributed by atoms with Crippen LogP contribution < -0.4 is 10.7 Å². The molecular formula is C23H25N7O2. The van der Waals surface area contributed by atoms with E-state index in [-0.39, 0.29) is 11.8 Å². The number of carbonyl (C=O) groups is 2. The van der Waals surface area contributed by atoms with Gasteiger partial charge in [0.15, 0.2) is 0 Å². The number of nitrogens with zero attached hydrogens (tertiary/aromatic N) is 4. The van der Waals surface area contributed by atoms with E-state index in [2.05, 4.69) is 37.7 Å². The number of nitrogens with one attached hydrogen (secondary N) is 3. The van der Waals surface area contributed by atoms with Gasteiger partial charge < -0.3 is 10.3 Å². The molecule has 2 aliphatic heterocycles. The van der Waals surface area contributed by atoms with Crippen LogP contribution in [0.2, 0.25) is 0 Å². The fraction of sp³-hybridized carbons (Fsp3) is 0.348. The maximum absolute atomic E-state index is 12.5. The van der Waals surface area contributed by atoms with E-state index in [4.69, 9.17) is 0 Å². The number of amides is 1. The predicted octanol–water partition coefficient (Wildman–Crippen LogP) is 2.65. The lowest BCUT2D eigenvalue weighted by molar-refractivity contribution is -0.120. The summed E-state index contributed by atoms with van der Waals surface area (Å²) in [6.45, 7) is 2.06. The Bertz CT molecular complexity index is 1160. The van der Waals surface area contributed by atoms with Crippen LogP contribution in [0.5, 0.6) is 0 Å². The summed E-state index contributed by atoms with van der Waals surface area (Å²) in [4.78, 5) is 36.6. The standard InChI is InChI=1S/C23H25N7O2/c1-14-16(5-6-20(31)30-10-9-24-13-30)21(15-3-2-4-15)18(28-14)11-19-22(26-8-7-25-19)17-12-27-29-23(17)32/h7-13,15,17,25,28H,2-6H2,1H3,(H,29,32). The van der Waals surface area contributed by atoms with Gasteiger partial charge in [-0.3, -0.25) is 19.1 Å². The number of hydrogen-bond acceptors (Lipinski definition) is 6. The summed E-state index contributed by atoms with van der Waals surface area (Å²) in [5.41, 5.74) is 8.45. The molecular weight excluding hydrogens is 406 g/mol. The number of allylic oxidation sites excluding steroid dienone is 1. The van der Waals surface area contributed by atoms with E-state index in [1.54, 1.807) is 37.3 Å². The maximum atomic E-state index is 12.5. The van der Waals surface area contributed by atoms with Crippen LogP contribution in [0.25, 0.3) is 6.08 Å². The fourth-order valence-corrected chi connectivity index (χ4v) is 4.48. The van der Waals surface area contributed by atoms with E-state index >= 15 is 0 Å². The second-order valence-electron chi connectivity index (χ2n) is 8.31. The summed E-state index contributed by atoms with van der Waals surface area (Å²) in [6.07, 6.45) is 16.4. The van der Waals surface area contributed by atoms with Gasteiger partial charge in [0, 0.05) is 48.8 Å². The summed E-state index contributed by atoms with van der Waals surface area (Å²) in [5.74, 6) is -0.204. The Morgan fingerprint density at radius 3 is 2.91 bits per heavy atom. The Morgan fingerprint density at radius 1 is 1.34 bits per heavy atom. The lowest BCUT2D eigenvalue weighted by Crippen LogP contribution is -2.32. The Labute approximate surface area is 185 Å². The summed E-state index contributed by atoms with van der Waals surface area (Å²) in [7, 11) is 0. The average Bonchev–Trinajstić information content (AvgIpc) is 3.48. The number of hydrazone groups is 1. The molecule has 4 heterocycles. The molecule has 0 saturated heterocycles. The summed E-state index contributed by atoms with van der Waals surface area (Å²) < 4.78 is 1.53. The normalized spacial score (nSPS) is 21.4. The fourth-order valence-electron chi connectivity index (χ4n) is 4.48. The smallest absolute Gasteiger partial charge is 0.254 e. The average molecular weight is 432 g/mol. The minimum absolute atomic E-state index is 0.0302. The highest BCUT2D eigenvalue weighted by Gasteiger charge is 2.31. The molecule has 0 spiro atoms. The summed E-state index contributed by atoms with van der Waals surface area (Å²) in [6, 6.07) is 0. The topological polar surface area (TPSA) is 117 Å². The minimum Gasteiger partial charge on any atom is -0.359 e. The molecule has 1 atom stereocenters. The van der Waals surface area contributed by atoms with Crippen molar-refractivity contribution >= 4 is 29.8 Å². The number of carbonyl (C=O) groups excluding carboxylic acids is 2. The quantitative estimate of drug-likeness (QED) is 0.652. The summed E-state index contributed by atoms with van der Waals surface area (Å²) in [5, 5.41) is 7.12. The zero-order valence-electron chi connectivity index (χ0n) is 17.8. The number of aromatic nitrogens is 3. The third kappa shape index (κ3) is 3.70. The van der Waals surface area contributed by atoms with Crippen LogP contribution in [-0.2, 0) is 11.2 Å². The molecule has 164 valence electrons. The first-order valence-corrected chi connectivity index (χ1v) is 10.9. The van der Waals surface area contributed by atoms with Crippen LogP contribution in [0.4, 0.5) is 0 Å². The van der Waals surface area contributed by atoms with Gasteiger partial charge in [-0.2, -0.15) is 5.10 Å². The van der Waals surface area contributed by atoms with Crippen LogP contribution >= 0.6 is 0 Å². The van der Waals surface area contributed by atoms with Gasteiger partial charge >= 0.3 is 0 Å². The van der Waals surface area contributed by atoms with Crippen LogP contribution in [0, 0.1) is 12.8 Å². The van der Waals surface area contributed by atoms with Gasteiger partial charge in [-0.15, -0.1) is 0 Å². The van der Waals surface area contributed by atoms with Crippen molar-refractivity contribution in [3.8, 4) is 0 Å². The van der Waals surface area contributed by atoms with Crippen LogP contribution in [-0.4, -0.2) is 38.3 Å². The summed E-state index contributed by atoms with van der Waals surface area (Å²) >= 11 is 0. The Hall–Kier alpha value is -3.75. The molecule has 9 nitrogen and oxygen atoms in total. The molecule has 0 aromatic carbocycles. The number of H-pyrrole nitrogens is 1. The Balaban J connectivity index is 1.46. The number of aromatic amines is 1. The van der Waals surface area contributed by atoms with Crippen LogP contribution in [0.3, 0.4) is 0 Å². The van der Waals surface area contributed by atoms with Gasteiger partial charge in [0.05, 0.1) is 11.4 Å². The lowest BCUT2D eigenvalue weighted by Gasteiger charge is -2.27. The molecule has 1 fully saturated rings. The van der Waals surface area contributed by atoms with E-state index in [9.17, 15) is 9.59 Å². The molecule has 1 amide bonds. The van der Waals surface area contributed by atoms with Crippen molar-refractivity contribution in [2.24, 2.45) is 16.0 Å². The molecule has 5 rings (SSSR count). The highest BCUT2D eigenvalue weighted by molar-refractivity contribution is 6.24. The van der Waals surface area contributed by atoms with E-state index in [1.807, 2.05) is 6.08 Å². The molecule has 0 bridgehead atoms. The molecule has 1 aliphatic carbocycles. The SMILES string of the molecule is Cc1[nH]c(C=C2NC=CN=C2C2C=NNC2=O)c(C2CCC2)c1CCC(=O)n1ccnc1. The molecule has 0 radical (unpaired) electrons. The number of rotatable bonds is 6. The van der Waals surface area contributed by atoms with Gasteiger partial charge in [0.2, 0.25) is 5.91 Å². The van der Waals surface area contributed by atoms with Crippen molar-refractivity contribution in [3.63, 3.8) is 0 Å². The van der Waals surface area contributed by atoms with Crippen LogP contribution in [0.15, 0.2) is 46.9 Å². The van der Waals surface area contributed by atoms with Crippen molar-refractivity contribution in [2.45, 2.75) is 44.9 Å². The minimum atomic E-state index is -0.519. The molecule has 3 aliphatic rings. The largest absolute Gasteiger partial charge is 0.359 e. The van der Waals surface area contributed by atoms with Gasteiger partial charge in [-0.25, -0.2) is 10.4 Å². The molecule has 32 heavy (non-hydrogen) atoms. The predicted molar refractivity (Wildman–Crippen MR) is 121 cm³/mol. The van der Waals surface area contributed by atoms with E-state index in [0.717, 1.165) is 29.9 Å². The van der Waals surface area contributed by atoms with E-state index < -0.39 is 5.92 Å². The van der Waals surface area contributed by atoms with Crippen molar-refractivity contribution < 1.29 is 9.59 Å². The van der Waals surface area contributed by atoms with Gasteiger partial charge in [-0.1, -0.05) is 6.42 Å². The molecule has 3 N–H and O–H groups in total. The lowest BCUT2D eigenvalue weighted by atomic mass is 9.77. The first-order valence-electron chi connectivity index (χ1n) is 10.9. The zero-order valence-corrected chi connectivity index (χ0v) is 17.8. The third-order valence-electron chi connectivity index (χ3n) is 6.35. The highest BCUT2D eigenvalue weighted by Crippen LogP contribution is 2.42. The van der Waals surface area contributed by atoms with Crippen molar-refractivity contribution in [1.82, 2.24) is 25.3 Å². The number of aryl methyl sites for hydroxylation is 1. The Kier molecular flexibility index (Phi) is 5.30. The number of aliphatic imine (C=N–C) groups is 1. The van der Waals surface area contributed by atoms with Crippen molar-refractivity contribution in [3.05, 3.63) is 59.3 Å². The zero-order chi connectivity index (χ0) is 22.1. The second-order valence-corrected chi connectivity index (χ2v) is 8.31. The molecule has 2 aromatic heterocycles. The number of imidazole rings is 1. The highest BCUT2D eigenvalue weighted by atomic mass is 16.2. The van der Waals surface area contributed by atoms with Gasteiger partial charge in [0.25, 0.3) is 5.91 Å². The van der Waals surface area contributed by atoms with Gasteiger partial charge in [0.1, 0.15) is 12.2 Å². The second kappa shape index (κ2) is 8.41. The third-order valence-corrected chi connectivity index (χ3v) is 6.35. The van der Waals surface area contributed by atoms with Crippen molar-refractivity contribution in [1.29, 1.82) is 0 Å². The van der Waals surface area contributed by atoms with E-state index in [1.165, 1.54) is 22.1 Å². The monoisotopic (exact) mass is 431 g/mol. The molecule has 1 saturated carbocycles. The van der Waals surface area contributed by atoms with Crippen LogP contribution in [0.1, 0.15) is 58.9 Å². The number of hydrogen-bond donors (Lipinski definition) is 3. The van der Waals surface area contributed by atoms with E-state index in [0.29, 0.717) is 24.5 Å².